The quantitative estimate of drug-likeness (QED) is 0.839. The van der Waals surface area contributed by atoms with Gasteiger partial charge in [-0.3, -0.25) is 0 Å². The lowest BCUT2D eigenvalue weighted by atomic mass is 10.0. The first-order valence-corrected chi connectivity index (χ1v) is 6.14. The first-order chi connectivity index (χ1) is 8.08. The Morgan fingerprint density at radius 1 is 0.882 bits per heavy atom. The van der Waals surface area contributed by atoms with E-state index < -0.39 is 0 Å². The lowest BCUT2D eigenvalue weighted by Crippen LogP contribution is -2.04. The van der Waals surface area contributed by atoms with Crippen LogP contribution in [0.3, 0.4) is 0 Å². The molecule has 2 N–H and O–H groups in total. The van der Waals surface area contributed by atoms with Crippen LogP contribution in [0.4, 0.5) is 0 Å². The summed E-state index contributed by atoms with van der Waals surface area (Å²) in [6.45, 7) is 1.97. The second kappa shape index (κ2) is 5.09. The maximum Gasteiger partial charge on any atom is 0.0598 e. The van der Waals surface area contributed by atoms with Crippen LogP contribution in [-0.2, 0) is 0 Å². The number of benzene rings is 2. The van der Waals surface area contributed by atoms with Gasteiger partial charge in [0, 0.05) is 6.04 Å². The van der Waals surface area contributed by atoms with Crippen LogP contribution in [0, 0.1) is 0 Å². The van der Waals surface area contributed by atoms with E-state index in [0.29, 0.717) is 10.0 Å². The van der Waals surface area contributed by atoms with E-state index in [2.05, 4.69) is 0 Å². The van der Waals surface area contributed by atoms with E-state index >= 15 is 0 Å². The highest BCUT2D eigenvalue weighted by molar-refractivity contribution is 6.42. The molecule has 0 fully saturated rings. The molecule has 0 aliphatic carbocycles. The minimum atomic E-state index is 0.0536. The molecule has 0 aliphatic rings. The first kappa shape index (κ1) is 12.4. The van der Waals surface area contributed by atoms with Gasteiger partial charge in [0.25, 0.3) is 0 Å². The van der Waals surface area contributed by atoms with Crippen molar-refractivity contribution in [1.82, 2.24) is 0 Å². The van der Waals surface area contributed by atoms with Gasteiger partial charge in [-0.15, -0.1) is 0 Å². The summed E-state index contributed by atoms with van der Waals surface area (Å²) >= 11 is 11.9. The number of halogens is 2. The molecular weight excluding hydrogens is 253 g/mol. The molecule has 0 radical (unpaired) electrons. The molecule has 0 saturated heterocycles. The highest BCUT2D eigenvalue weighted by Crippen LogP contribution is 2.28. The Bertz CT molecular complexity index is 518. The van der Waals surface area contributed by atoms with Gasteiger partial charge in [0.2, 0.25) is 0 Å². The maximum atomic E-state index is 5.99. The Hall–Kier alpha value is -1.02. The number of hydrogen-bond acceptors (Lipinski definition) is 1. The van der Waals surface area contributed by atoms with E-state index in [4.69, 9.17) is 28.9 Å². The average molecular weight is 266 g/mol. The summed E-state index contributed by atoms with van der Waals surface area (Å²) in [5.74, 6) is 0. The molecule has 0 aromatic heterocycles. The molecule has 17 heavy (non-hydrogen) atoms. The third-order valence-corrected chi connectivity index (χ3v) is 3.43. The van der Waals surface area contributed by atoms with Crippen molar-refractivity contribution >= 4 is 23.2 Å². The molecule has 2 rings (SSSR count). The van der Waals surface area contributed by atoms with Crippen LogP contribution in [0.5, 0.6) is 0 Å². The summed E-state index contributed by atoms with van der Waals surface area (Å²) in [6, 6.07) is 13.8. The lowest BCUT2D eigenvalue weighted by molar-refractivity contribution is 0.818. The van der Waals surface area contributed by atoms with Gasteiger partial charge in [0.05, 0.1) is 10.0 Å². The van der Waals surface area contributed by atoms with Crippen molar-refractivity contribution in [3.05, 3.63) is 58.1 Å². The number of hydrogen-bond donors (Lipinski definition) is 1. The van der Waals surface area contributed by atoms with Gasteiger partial charge in [0.1, 0.15) is 0 Å². The van der Waals surface area contributed by atoms with Crippen molar-refractivity contribution in [3.8, 4) is 11.1 Å². The Labute approximate surface area is 111 Å². The summed E-state index contributed by atoms with van der Waals surface area (Å²) in [5, 5.41) is 1.14. The molecule has 1 unspecified atom stereocenters. The summed E-state index contributed by atoms with van der Waals surface area (Å²) in [4.78, 5) is 0. The SMILES string of the molecule is CC(N)c1ccc(-c2ccc(Cl)c(Cl)c2)cc1. The Morgan fingerprint density at radius 3 is 2.00 bits per heavy atom. The zero-order valence-electron chi connectivity index (χ0n) is 9.45. The van der Waals surface area contributed by atoms with Crippen LogP contribution in [0.2, 0.25) is 10.0 Å². The van der Waals surface area contributed by atoms with Gasteiger partial charge >= 0.3 is 0 Å². The zero-order valence-corrected chi connectivity index (χ0v) is 11.0. The molecule has 1 nitrogen and oxygen atoms in total. The predicted molar refractivity (Wildman–Crippen MR) is 74.5 cm³/mol. The second-order valence-electron chi connectivity index (χ2n) is 4.04. The van der Waals surface area contributed by atoms with Crippen LogP contribution >= 0.6 is 23.2 Å². The van der Waals surface area contributed by atoms with Gasteiger partial charge in [-0.2, -0.15) is 0 Å². The molecule has 0 bridgehead atoms. The molecule has 2 aromatic rings. The number of rotatable bonds is 2. The Balaban J connectivity index is 2.36. The van der Waals surface area contributed by atoms with Gasteiger partial charge in [0.15, 0.2) is 0 Å². The van der Waals surface area contributed by atoms with Crippen LogP contribution < -0.4 is 5.73 Å². The fraction of sp³-hybridized carbons (Fsp3) is 0.143. The first-order valence-electron chi connectivity index (χ1n) is 5.39. The number of nitrogens with two attached hydrogens (primary N) is 1. The van der Waals surface area contributed by atoms with Crippen molar-refractivity contribution in [2.75, 3.05) is 0 Å². The molecular formula is C14H13Cl2N. The Morgan fingerprint density at radius 2 is 1.47 bits per heavy atom. The highest BCUT2D eigenvalue weighted by Gasteiger charge is 2.03. The zero-order chi connectivity index (χ0) is 12.4. The molecule has 2 aromatic carbocycles. The molecule has 1 atom stereocenters. The van der Waals surface area contributed by atoms with Crippen LogP contribution in [-0.4, -0.2) is 0 Å². The largest absolute Gasteiger partial charge is 0.324 e. The highest BCUT2D eigenvalue weighted by atomic mass is 35.5. The average Bonchev–Trinajstić information content (AvgIpc) is 2.33. The molecule has 0 aliphatic heterocycles. The maximum absolute atomic E-state index is 5.99. The van der Waals surface area contributed by atoms with E-state index in [1.54, 1.807) is 6.07 Å². The second-order valence-corrected chi connectivity index (χ2v) is 4.85. The molecule has 0 saturated carbocycles. The van der Waals surface area contributed by atoms with E-state index in [-0.39, 0.29) is 6.04 Å². The molecule has 0 spiro atoms. The molecule has 0 heterocycles. The molecule has 3 heteroatoms. The Kier molecular flexibility index (Phi) is 3.72. The van der Waals surface area contributed by atoms with Crippen molar-refractivity contribution in [1.29, 1.82) is 0 Å². The fourth-order valence-electron chi connectivity index (χ4n) is 1.65. The van der Waals surface area contributed by atoms with E-state index in [1.807, 2.05) is 43.3 Å². The van der Waals surface area contributed by atoms with Crippen LogP contribution in [0.25, 0.3) is 11.1 Å². The van der Waals surface area contributed by atoms with E-state index in [0.717, 1.165) is 16.7 Å². The van der Waals surface area contributed by atoms with Crippen molar-refractivity contribution < 1.29 is 0 Å². The third-order valence-electron chi connectivity index (χ3n) is 2.69. The summed E-state index contributed by atoms with van der Waals surface area (Å²) in [7, 11) is 0. The van der Waals surface area contributed by atoms with Crippen LogP contribution in [0.15, 0.2) is 42.5 Å². The minimum Gasteiger partial charge on any atom is -0.324 e. The normalized spacial score (nSPS) is 12.5. The molecule has 88 valence electrons. The van der Waals surface area contributed by atoms with Gasteiger partial charge in [-0.05, 0) is 35.7 Å². The predicted octanol–water partition coefficient (Wildman–Crippen LogP) is 4.68. The topological polar surface area (TPSA) is 26.0 Å². The van der Waals surface area contributed by atoms with Crippen molar-refractivity contribution in [2.24, 2.45) is 5.73 Å². The van der Waals surface area contributed by atoms with Crippen LogP contribution in [0.1, 0.15) is 18.5 Å². The van der Waals surface area contributed by atoms with Crippen molar-refractivity contribution in [3.63, 3.8) is 0 Å². The minimum absolute atomic E-state index is 0.0536. The monoisotopic (exact) mass is 265 g/mol. The third kappa shape index (κ3) is 2.81. The summed E-state index contributed by atoms with van der Waals surface area (Å²) in [5.41, 5.74) is 9.08. The molecule has 0 amide bonds. The van der Waals surface area contributed by atoms with Gasteiger partial charge in [-0.25, -0.2) is 0 Å². The fourth-order valence-corrected chi connectivity index (χ4v) is 1.95. The van der Waals surface area contributed by atoms with Crippen molar-refractivity contribution in [2.45, 2.75) is 13.0 Å². The van der Waals surface area contributed by atoms with Gasteiger partial charge < -0.3 is 5.73 Å². The smallest absolute Gasteiger partial charge is 0.0598 e. The lowest BCUT2D eigenvalue weighted by Gasteiger charge is -2.08. The van der Waals surface area contributed by atoms with E-state index in [9.17, 15) is 0 Å². The van der Waals surface area contributed by atoms with Gasteiger partial charge in [-0.1, -0.05) is 53.5 Å². The summed E-state index contributed by atoms with van der Waals surface area (Å²) < 4.78 is 0. The standard InChI is InChI=1S/C14H13Cl2N/c1-9(17)10-2-4-11(5-3-10)12-6-7-13(15)14(16)8-12/h2-9H,17H2,1H3. The van der Waals surface area contributed by atoms with E-state index in [1.165, 1.54) is 0 Å². The summed E-state index contributed by atoms with van der Waals surface area (Å²) in [6.07, 6.45) is 0.